The molecular weight excluding hydrogens is 240 g/mol. The van der Waals surface area contributed by atoms with E-state index in [4.69, 9.17) is 4.84 Å². The normalized spacial score (nSPS) is 17.9. The fourth-order valence-electron chi connectivity index (χ4n) is 1.41. The molecule has 1 aliphatic rings. The molecule has 0 radical (unpaired) electrons. The minimum Gasteiger partial charge on any atom is -0.284 e. The molecule has 0 amide bonds. The van der Waals surface area contributed by atoms with Gasteiger partial charge in [-0.25, -0.2) is 17.2 Å². The van der Waals surface area contributed by atoms with Crippen LogP contribution in [0.5, 0.6) is 0 Å². The Morgan fingerprint density at radius 2 is 1.81 bits per heavy atom. The van der Waals surface area contributed by atoms with Crippen LogP contribution in [0.4, 0.5) is 8.78 Å². The highest BCUT2D eigenvalue weighted by atomic mass is 32.2. The lowest BCUT2D eigenvalue weighted by molar-refractivity contribution is -0.0284. The van der Waals surface area contributed by atoms with Gasteiger partial charge >= 0.3 is 0 Å². The monoisotopic (exact) mass is 249 g/mol. The van der Waals surface area contributed by atoms with Crippen LogP contribution in [0.2, 0.25) is 0 Å². The Hall–Kier alpha value is -1.05. The third-order valence-corrected chi connectivity index (χ3v) is 3.78. The van der Waals surface area contributed by atoms with Crippen molar-refractivity contribution in [2.24, 2.45) is 0 Å². The van der Waals surface area contributed by atoms with Gasteiger partial charge in [0.15, 0.2) is 0 Å². The first-order valence-electron chi connectivity index (χ1n) is 4.62. The van der Waals surface area contributed by atoms with Gasteiger partial charge in [0, 0.05) is 12.6 Å². The molecule has 4 nitrogen and oxygen atoms in total. The van der Waals surface area contributed by atoms with Crippen molar-refractivity contribution in [1.29, 1.82) is 0 Å². The summed E-state index contributed by atoms with van der Waals surface area (Å²) in [6.45, 7) is 0.484. The van der Waals surface area contributed by atoms with Crippen LogP contribution in [0.1, 0.15) is 6.42 Å². The highest BCUT2D eigenvalue weighted by Crippen LogP contribution is 2.21. The Morgan fingerprint density at radius 1 is 1.19 bits per heavy atom. The van der Waals surface area contributed by atoms with E-state index in [0.29, 0.717) is 12.5 Å². The molecule has 0 aliphatic carbocycles. The largest absolute Gasteiger partial charge is 0.284 e. The molecule has 0 atom stereocenters. The zero-order valence-electron chi connectivity index (χ0n) is 8.19. The van der Waals surface area contributed by atoms with Crippen LogP contribution in [0.15, 0.2) is 23.1 Å². The predicted molar refractivity (Wildman–Crippen MR) is 50.8 cm³/mol. The van der Waals surface area contributed by atoms with Crippen LogP contribution in [0.3, 0.4) is 0 Å². The second kappa shape index (κ2) is 4.08. The van der Waals surface area contributed by atoms with Crippen LogP contribution < -0.4 is 0 Å². The van der Waals surface area contributed by atoms with E-state index in [-0.39, 0.29) is 13.2 Å². The van der Waals surface area contributed by atoms with Crippen molar-refractivity contribution in [3.8, 4) is 0 Å². The van der Waals surface area contributed by atoms with Crippen molar-refractivity contribution < 1.29 is 22.0 Å². The fraction of sp³-hybridized carbons (Fsp3) is 0.333. The van der Waals surface area contributed by atoms with Crippen LogP contribution in [-0.2, 0) is 14.9 Å². The molecule has 0 spiro atoms. The summed E-state index contributed by atoms with van der Waals surface area (Å²) in [6, 6.07) is 2.14. The van der Waals surface area contributed by atoms with Crippen molar-refractivity contribution in [3.05, 3.63) is 29.8 Å². The second-order valence-corrected chi connectivity index (χ2v) is 5.15. The van der Waals surface area contributed by atoms with Gasteiger partial charge in [0.25, 0.3) is 10.0 Å². The molecule has 0 saturated carbocycles. The number of rotatable bonds is 2. The number of hydrogen-bond acceptors (Lipinski definition) is 3. The average molecular weight is 249 g/mol. The van der Waals surface area contributed by atoms with E-state index < -0.39 is 26.6 Å². The summed E-state index contributed by atoms with van der Waals surface area (Å²) >= 11 is 0. The van der Waals surface area contributed by atoms with E-state index in [2.05, 4.69) is 0 Å². The molecule has 0 aromatic heterocycles. The minimum absolute atomic E-state index is 0.195. The Kier molecular flexibility index (Phi) is 2.92. The summed E-state index contributed by atoms with van der Waals surface area (Å²) in [7, 11) is -3.95. The zero-order chi connectivity index (χ0) is 11.8. The van der Waals surface area contributed by atoms with Crippen molar-refractivity contribution in [1.82, 2.24) is 4.47 Å². The van der Waals surface area contributed by atoms with Gasteiger partial charge in [-0.1, -0.05) is 4.47 Å². The molecular formula is C9H9F2NO3S. The highest BCUT2D eigenvalue weighted by molar-refractivity contribution is 7.89. The van der Waals surface area contributed by atoms with Crippen LogP contribution in [0, 0.1) is 11.6 Å². The van der Waals surface area contributed by atoms with Gasteiger partial charge in [-0.3, -0.25) is 4.84 Å². The maximum atomic E-state index is 12.9. The molecule has 0 unspecified atom stereocenters. The Balaban J connectivity index is 2.42. The van der Waals surface area contributed by atoms with Gasteiger partial charge in [0.2, 0.25) is 0 Å². The predicted octanol–water partition coefficient (Wildman–Crippen LogP) is 1.29. The number of benzene rings is 1. The smallest absolute Gasteiger partial charge is 0.265 e. The SMILES string of the molecule is O=S(=O)(c1cc(F)cc(F)c1)N1CCCO1. The maximum absolute atomic E-state index is 12.9. The number of hydroxylamine groups is 1. The zero-order valence-corrected chi connectivity index (χ0v) is 9.01. The topological polar surface area (TPSA) is 46.6 Å². The second-order valence-electron chi connectivity index (χ2n) is 3.32. The molecule has 1 aliphatic heterocycles. The number of sulfonamides is 1. The summed E-state index contributed by atoms with van der Waals surface area (Å²) < 4.78 is 50.1. The van der Waals surface area contributed by atoms with Gasteiger partial charge < -0.3 is 0 Å². The molecule has 7 heteroatoms. The molecule has 0 N–H and O–H groups in total. The third kappa shape index (κ3) is 2.06. The van der Waals surface area contributed by atoms with E-state index in [1.807, 2.05) is 0 Å². The van der Waals surface area contributed by atoms with Gasteiger partial charge in [-0.05, 0) is 18.6 Å². The lowest BCUT2D eigenvalue weighted by Gasteiger charge is -2.14. The molecule has 1 fully saturated rings. The summed E-state index contributed by atoms with van der Waals surface area (Å²) in [6.07, 6.45) is 0.566. The first-order valence-corrected chi connectivity index (χ1v) is 6.06. The van der Waals surface area contributed by atoms with Crippen molar-refractivity contribution in [2.75, 3.05) is 13.2 Å². The number of hydrogen-bond donors (Lipinski definition) is 0. The Bertz CT molecular complexity index is 477. The standard InChI is InChI=1S/C9H9F2NO3S/c10-7-4-8(11)6-9(5-7)16(13,14)12-2-1-3-15-12/h4-6H,1-3H2. The van der Waals surface area contributed by atoms with Gasteiger partial charge in [-0.15, -0.1) is 0 Å². The third-order valence-electron chi connectivity index (χ3n) is 2.12. The van der Waals surface area contributed by atoms with Crippen molar-refractivity contribution in [2.45, 2.75) is 11.3 Å². The van der Waals surface area contributed by atoms with Crippen molar-refractivity contribution >= 4 is 10.0 Å². The summed E-state index contributed by atoms with van der Waals surface area (Å²) in [5.74, 6) is -1.87. The molecule has 1 heterocycles. The quantitative estimate of drug-likeness (QED) is 0.793. The van der Waals surface area contributed by atoms with Gasteiger partial charge in [-0.2, -0.15) is 0 Å². The molecule has 1 saturated heterocycles. The summed E-state index contributed by atoms with van der Waals surface area (Å²) in [4.78, 5) is 4.41. The first kappa shape index (κ1) is 11.4. The van der Waals surface area contributed by atoms with Gasteiger partial charge in [0.1, 0.15) is 11.6 Å². The van der Waals surface area contributed by atoms with Crippen molar-refractivity contribution in [3.63, 3.8) is 0 Å². The Morgan fingerprint density at radius 3 is 2.31 bits per heavy atom. The average Bonchev–Trinajstić information content (AvgIpc) is 2.69. The Labute approximate surface area is 91.4 Å². The summed E-state index contributed by atoms with van der Waals surface area (Å²) in [5.41, 5.74) is 0. The molecule has 2 rings (SSSR count). The van der Waals surface area contributed by atoms with E-state index in [1.54, 1.807) is 0 Å². The minimum atomic E-state index is -3.95. The fourth-order valence-corrected chi connectivity index (χ4v) is 2.75. The molecule has 16 heavy (non-hydrogen) atoms. The highest BCUT2D eigenvalue weighted by Gasteiger charge is 2.29. The summed E-state index contributed by atoms with van der Waals surface area (Å²) in [5, 5.41) is 0. The van der Waals surface area contributed by atoms with Gasteiger partial charge in [0.05, 0.1) is 11.5 Å². The molecule has 1 aromatic carbocycles. The number of halogens is 2. The van der Waals surface area contributed by atoms with E-state index in [0.717, 1.165) is 16.6 Å². The van der Waals surface area contributed by atoms with E-state index >= 15 is 0 Å². The van der Waals surface area contributed by atoms with E-state index in [1.165, 1.54) is 0 Å². The van der Waals surface area contributed by atoms with Crippen LogP contribution in [-0.4, -0.2) is 26.0 Å². The molecule has 88 valence electrons. The number of nitrogens with zero attached hydrogens (tertiary/aromatic N) is 1. The van der Waals surface area contributed by atoms with E-state index in [9.17, 15) is 17.2 Å². The lowest BCUT2D eigenvalue weighted by Crippen LogP contribution is -2.26. The van der Waals surface area contributed by atoms with Crippen LogP contribution in [0.25, 0.3) is 0 Å². The molecule has 0 bridgehead atoms. The lowest BCUT2D eigenvalue weighted by atomic mass is 10.3. The molecule has 1 aromatic rings. The van der Waals surface area contributed by atoms with Crippen LogP contribution >= 0.6 is 0 Å². The maximum Gasteiger partial charge on any atom is 0.265 e. The first-order chi connectivity index (χ1) is 7.50.